The van der Waals surface area contributed by atoms with E-state index >= 15 is 0 Å². The Morgan fingerprint density at radius 1 is 1.24 bits per heavy atom. The molecule has 0 unspecified atom stereocenters. The monoisotopic (exact) mass is 427 g/mol. The summed E-state index contributed by atoms with van der Waals surface area (Å²) in [6.45, 7) is 1.24. The van der Waals surface area contributed by atoms with Gasteiger partial charge in [-0.3, -0.25) is 4.79 Å². The average molecular weight is 428 g/mol. The Labute approximate surface area is 171 Å². The van der Waals surface area contributed by atoms with Crippen molar-refractivity contribution < 1.29 is 22.7 Å². The summed E-state index contributed by atoms with van der Waals surface area (Å²) in [5.41, 5.74) is -1.15. The molecule has 3 rings (SSSR count). The van der Waals surface area contributed by atoms with Gasteiger partial charge >= 0.3 is 0 Å². The highest BCUT2D eigenvalue weighted by Gasteiger charge is 2.35. The molecule has 2 heterocycles. The number of nitrogens with zero attached hydrogens (tertiary/aromatic N) is 2. The number of piperidine rings is 1. The highest BCUT2D eigenvalue weighted by atomic mass is 35.5. The minimum Gasteiger partial charge on any atom is -0.476 e. The number of amides is 1. The molecule has 0 radical (unpaired) electrons. The Morgan fingerprint density at radius 3 is 2.69 bits per heavy atom. The molecule has 1 amide bonds. The van der Waals surface area contributed by atoms with Crippen molar-refractivity contribution in [2.24, 2.45) is 0 Å². The van der Waals surface area contributed by atoms with Crippen molar-refractivity contribution in [3.63, 3.8) is 0 Å². The van der Waals surface area contributed by atoms with Crippen LogP contribution < -0.4 is 10.1 Å². The SMILES string of the molecule is O=C(c1ccc(F)c(Cl)c1)N1CCC(F)(CNCCOc2cc(F)ccn2)CC1. The van der Waals surface area contributed by atoms with Crippen LogP contribution in [0.1, 0.15) is 23.2 Å². The number of halogens is 4. The fourth-order valence-electron chi connectivity index (χ4n) is 3.10. The van der Waals surface area contributed by atoms with Crippen LogP contribution in [0.4, 0.5) is 13.2 Å². The fraction of sp³-hybridized carbons (Fsp3) is 0.400. The van der Waals surface area contributed by atoms with Crippen molar-refractivity contribution in [3.8, 4) is 5.88 Å². The summed E-state index contributed by atoms with van der Waals surface area (Å²) in [5.74, 6) is -1.14. The molecule has 1 aliphatic rings. The van der Waals surface area contributed by atoms with Gasteiger partial charge in [0.2, 0.25) is 5.88 Å². The summed E-state index contributed by atoms with van der Waals surface area (Å²) in [7, 11) is 0. The third kappa shape index (κ3) is 5.83. The smallest absolute Gasteiger partial charge is 0.253 e. The van der Waals surface area contributed by atoms with Gasteiger partial charge < -0.3 is 15.0 Å². The summed E-state index contributed by atoms with van der Waals surface area (Å²) in [6, 6.07) is 6.20. The third-order valence-electron chi connectivity index (χ3n) is 4.78. The number of hydrogen-bond donors (Lipinski definition) is 1. The molecule has 1 N–H and O–H groups in total. The Hall–Kier alpha value is -2.32. The van der Waals surface area contributed by atoms with Crippen LogP contribution in [0.3, 0.4) is 0 Å². The van der Waals surface area contributed by atoms with Crippen molar-refractivity contribution >= 4 is 17.5 Å². The van der Waals surface area contributed by atoms with Crippen molar-refractivity contribution in [1.29, 1.82) is 0 Å². The molecule has 0 saturated carbocycles. The van der Waals surface area contributed by atoms with E-state index in [1.54, 1.807) is 4.90 Å². The number of rotatable bonds is 7. The Balaban J connectivity index is 1.40. The lowest BCUT2D eigenvalue weighted by molar-refractivity contribution is 0.0433. The molecule has 5 nitrogen and oxygen atoms in total. The summed E-state index contributed by atoms with van der Waals surface area (Å²) >= 11 is 5.73. The molecular formula is C20H21ClF3N3O2. The average Bonchev–Trinajstić information content (AvgIpc) is 2.70. The normalized spacial score (nSPS) is 15.9. The van der Waals surface area contributed by atoms with Crippen LogP contribution in [0, 0.1) is 11.6 Å². The lowest BCUT2D eigenvalue weighted by Gasteiger charge is -2.36. The van der Waals surface area contributed by atoms with E-state index in [0.29, 0.717) is 6.54 Å². The standard InChI is InChI=1S/C20H21ClF3N3O2/c21-16-11-14(1-2-17(16)23)19(28)27-8-4-20(24,5-9-27)13-25-7-10-29-18-12-15(22)3-6-26-18/h1-3,6,11-12,25H,4-5,7-10,13H2. The molecule has 0 spiro atoms. The van der Waals surface area contributed by atoms with Gasteiger partial charge in [0.05, 0.1) is 5.02 Å². The van der Waals surface area contributed by atoms with E-state index in [1.165, 1.54) is 30.5 Å². The summed E-state index contributed by atoms with van der Waals surface area (Å²) in [6.07, 6.45) is 1.68. The van der Waals surface area contributed by atoms with Gasteiger partial charge in [-0.25, -0.2) is 18.2 Å². The number of alkyl halides is 1. The molecule has 0 atom stereocenters. The first-order valence-electron chi connectivity index (χ1n) is 9.25. The predicted molar refractivity (Wildman–Crippen MR) is 103 cm³/mol. The van der Waals surface area contributed by atoms with Crippen molar-refractivity contribution in [3.05, 3.63) is 58.7 Å². The molecule has 1 aliphatic heterocycles. The van der Waals surface area contributed by atoms with Crippen LogP contribution in [0.2, 0.25) is 5.02 Å². The Kier molecular flexibility index (Phi) is 6.97. The van der Waals surface area contributed by atoms with Gasteiger partial charge in [0.25, 0.3) is 5.91 Å². The Morgan fingerprint density at radius 2 is 2.00 bits per heavy atom. The maximum absolute atomic E-state index is 15.0. The molecule has 156 valence electrons. The van der Waals surface area contributed by atoms with E-state index in [-0.39, 0.29) is 61.5 Å². The minimum atomic E-state index is -1.44. The highest BCUT2D eigenvalue weighted by molar-refractivity contribution is 6.31. The maximum atomic E-state index is 15.0. The second kappa shape index (κ2) is 9.45. The van der Waals surface area contributed by atoms with Gasteiger partial charge in [-0.1, -0.05) is 11.6 Å². The van der Waals surface area contributed by atoms with Crippen LogP contribution >= 0.6 is 11.6 Å². The van der Waals surface area contributed by atoms with Gasteiger partial charge in [0.15, 0.2) is 0 Å². The molecule has 1 aromatic carbocycles. The van der Waals surface area contributed by atoms with Gasteiger partial charge in [-0.15, -0.1) is 0 Å². The minimum absolute atomic E-state index is 0.118. The van der Waals surface area contributed by atoms with E-state index in [1.807, 2.05) is 0 Å². The largest absolute Gasteiger partial charge is 0.476 e. The number of hydrogen-bond acceptors (Lipinski definition) is 4. The molecule has 29 heavy (non-hydrogen) atoms. The lowest BCUT2D eigenvalue weighted by atomic mass is 9.93. The van der Waals surface area contributed by atoms with Crippen LogP contribution in [0.5, 0.6) is 5.88 Å². The zero-order valence-electron chi connectivity index (χ0n) is 15.6. The van der Waals surface area contributed by atoms with Crippen LogP contribution in [0.15, 0.2) is 36.5 Å². The molecule has 1 saturated heterocycles. The molecule has 1 aromatic heterocycles. The zero-order valence-corrected chi connectivity index (χ0v) is 16.4. The molecule has 9 heteroatoms. The number of likely N-dealkylation sites (tertiary alicyclic amines) is 1. The predicted octanol–water partition coefficient (Wildman–Crippen LogP) is 3.63. The number of carbonyl (C=O) groups excluding carboxylic acids is 1. The molecular weight excluding hydrogens is 407 g/mol. The second-order valence-corrected chi connectivity index (χ2v) is 7.32. The zero-order chi connectivity index (χ0) is 20.9. The topological polar surface area (TPSA) is 54.5 Å². The van der Waals surface area contributed by atoms with Crippen molar-refractivity contribution in [2.75, 3.05) is 32.8 Å². The fourth-order valence-corrected chi connectivity index (χ4v) is 3.28. The van der Waals surface area contributed by atoms with Crippen LogP contribution in [-0.4, -0.2) is 54.2 Å². The molecule has 0 aliphatic carbocycles. The first kappa shape index (κ1) is 21.4. The highest BCUT2D eigenvalue weighted by Crippen LogP contribution is 2.27. The van der Waals surface area contributed by atoms with E-state index in [2.05, 4.69) is 10.3 Å². The van der Waals surface area contributed by atoms with E-state index in [4.69, 9.17) is 16.3 Å². The van der Waals surface area contributed by atoms with Crippen molar-refractivity contribution in [1.82, 2.24) is 15.2 Å². The molecule has 2 aromatic rings. The third-order valence-corrected chi connectivity index (χ3v) is 5.07. The number of aromatic nitrogens is 1. The first-order valence-corrected chi connectivity index (χ1v) is 9.62. The van der Waals surface area contributed by atoms with E-state index in [0.717, 1.165) is 6.07 Å². The first-order chi connectivity index (χ1) is 13.9. The number of pyridine rings is 1. The lowest BCUT2D eigenvalue weighted by Crippen LogP contribution is -2.49. The van der Waals surface area contributed by atoms with E-state index in [9.17, 15) is 18.0 Å². The summed E-state index contributed by atoms with van der Waals surface area (Å²) < 4.78 is 46.5. The maximum Gasteiger partial charge on any atom is 0.253 e. The van der Waals surface area contributed by atoms with Gasteiger partial charge in [-0.05, 0) is 24.3 Å². The van der Waals surface area contributed by atoms with Crippen molar-refractivity contribution in [2.45, 2.75) is 18.5 Å². The molecule has 0 bridgehead atoms. The number of nitrogens with one attached hydrogen (secondary N) is 1. The summed E-state index contributed by atoms with van der Waals surface area (Å²) in [5, 5.41) is 2.87. The van der Waals surface area contributed by atoms with E-state index < -0.39 is 17.3 Å². The number of benzene rings is 1. The number of ether oxygens (including phenoxy) is 1. The van der Waals surface area contributed by atoms with Crippen LogP contribution in [0.25, 0.3) is 0 Å². The van der Waals surface area contributed by atoms with Gasteiger partial charge in [0, 0.05) is 56.8 Å². The van der Waals surface area contributed by atoms with Crippen LogP contribution in [-0.2, 0) is 0 Å². The number of carbonyl (C=O) groups is 1. The quantitative estimate of drug-likeness (QED) is 0.686. The summed E-state index contributed by atoms with van der Waals surface area (Å²) in [4.78, 5) is 17.9. The van der Waals surface area contributed by atoms with Gasteiger partial charge in [-0.2, -0.15) is 0 Å². The van der Waals surface area contributed by atoms with Gasteiger partial charge in [0.1, 0.15) is 23.9 Å². The molecule has 1 fully saturated rings. The second-order valence-electron chi connectivity index (χ2n) is 6.91. The Bertz CT molecular complexity index is 861.